The molecule has 0 aliphatic heterocycles. The molecule has 1 N–H and O–H groups in total. The van der Waals surface area contributed by atoms with Crippen LogP contribution in [0.1, 0.15) is 118 Å². The monoisotopic (exact) mass is 500 g/mol. The summed E-state index contributed by atoms with van der Waals surface area (Å²) in [5.41, 5.74) is 3.02. The van der Waals surface area contributed by atoms with Crippen LogP contribution in [0.3, 0.4) is 0 Å². The van der Waals surface area contributed by atoms with Crippen LogP contribution in [-0.2, 0) is 6.42 Å². The summed E-state index contributed by atoms with van der Waals surface area (Å²) in [6.07, 6.45) is 14.9. The number of hydrogen-bond acceptors (Lipinski definition) is 4. The van der Waals surface area contributed by atoms with Crippen molar-refractivity contribution in [1.82, 2.24) is 0 Å². The molecule has 0 aromatic heterocycles. The first-order valence-electron chi connectivity index (χ1n) is 14.7. The number of aliphatic hydroxyl groups excluding tert-OH is 1. The van der Waals surface area contributed by atoms with Gasteiger partial charge in [0.25, 0.3) is 0 Å². The minimum absolute atomic E-state index is 0.0106. The van der Waals surface area contributed by atoms with Crippen LogP contribution < -0.4 is 4.74 Å². The highest BCUT2D eigenvalue weighted by Crippen LogP contribution is 2.22. The van der Waals surface area contributed by atoms with Crippen LogP contribution in [0.2, 0.25) is 0 Å². The zero-order valence-electron chi connectivity index (χ0n) is 24.6. The van der Waals surface area contributed by atoms with Crippen molar-refractivity contribution in [3.63, 3.8) is 0 Å². The summed E-state index contributed by atoms with van der Waals surface area (Å²) in [6.45, 7) is 14.6. The van der Waals surface area contributed by atoms with Crippen LogP contribution in [0.25, 0.3) is 0 Å². The van der Waals surface area contributed by atoms with Gasteiger partial charge in [0.1, 0.15) is 12.4 Å². The highest BCUT2D eigenvalue weighted by molar-refractivity contribution is 5.43. The summed E-state index contributed by atoms with van der Waals surface area (Å²) in [6, 6.07) is 15.8. The van der Waals surface area contributed by atoms with Gasteiger partial charge in [-0.2, -0.15) is 10.2 Å². The smallest absolute Gasteiger partial charge is 0.119 e. The molecule has 4 nitrogen and oxygen atoms in total. The van der Waals surface area contributed by atoms with Crippen molar-refractivity contribution in [3.8, 4) is 5.75 Å². The van der Waals surface area contributed by atoms with Gasteiger partial charge in [0.2, 0.25) is 0 Å². The normalized spacial score (nSPS) is 9.89. The first kappa shape index (κ1) is 36.0. The van der Waals surface area contributed by atoms with Gasteiger partial charge in [-0.25, -0.2) is 0 Å². The van der Waals surface area contributed by atoms with Gasteiger partial charge in [-0.3, -0.25) is 0 Å². The zero-order chi connectivity index (χ0) is 27.3. The number of azo groups is 1. The molecule has 206 valence electrons. The van der Waals surface area contributed by atoms with Crippen molar-refractivity contribution < 1.29 is 9.84 Å². The maximum Gasteiger partial charge on any atom is 0.119 e. The average molecular weight is 501 g/mol. The van der Waals surface area contributed by atoms with Crippen LogP contribution in [0.15, 0.2) is 58.8 Å². The lowest BCUT2D eigenvalue weighted by molar-refractivity contribution is 0.201. The lowest BCUT2D eigenvalue weighted by Gasteiger charge is -2.04. The van der Waals surface area contributed by atoms with E-state index in [1.807, 2.05) is 77.9 Å². The topological polar surface area (TPSA) is 54.2 Å². The van der Waals surface area contributed by atoms with Crippen LogP contribution in [0.4, 0.5) is 11.4 Å². The Morgan fingerprint density at radius 1 is 0.583 bits per heavy atom. The third-order valence-corrected chi connectivity index (χ3v) is 5.23. The Bertz CT molecular complexity index is 697. The van der Waals surface area contributed by atoms with Crippen LogP contribution in [0.5, 0.6) is 5.75 Å². The van der Waals surface area contributed by atoms with Crippen molar-refractivity contribution in [2.24, 2.45) is 10.2 Å². The number of nitrogens with zero attached hydrogens (tertiary/aromatic N) is 2. The van der Waals surface area contributed by atoms with E-state index in [2.05, 4.69) is 29.3 Å². The quantitative estimate of drug-likeness (QED) is 0.184. The van der Waals surface area contributed by atoms with Crippen molar-refractivity contribution in [3.05, 3.63) is 54.1 Å². The van der Waals surface area contributed by atoms with Crippen LogP contribution >= 0.6 is 0 Å². The third kappa shape index (κ3) is 20.0. The van der Waals surface area contributed by atoms with E-state index >= 15 is 0 Å². The Hall–Kier alpha value is -2.20. The van der Waals surface area contributed by atoms with Gasteiger partial charge in [0, 0.05) is 0 Å². The maximum absolute atomic E-state index is 8.78. The molecule has 0 radical (unpaired) electrons. The fourth-order valence-electron chi connectivity index (χ4n) is 3.43. The zero-order valence-corrected chi connectivity index (χ0v) is 24.6. The third-order valence-electron chi connectivity index (χ3n) is 5.23. The van der Waals surface area contributed by atoms with Crippen LogP contribution in [-0.4, -0.2) is 18.3 Å². The van der Waals surface area contributed by atoms with E-state index in [4.69, 9.17) is 9.84 Å². The summed E-state index contributed by atoms with van der Waals surface area (Å²) in [5, 5.41) is 17.4. The first-order valence-corrected chi connectivity index (χ1v) is 14.7. The molecule has 0 amide bonds. The first-order chi connectivity index (χ1) is 17.8. The molecule has 0 bridgehead atoms. The number of hydrogen-bond donors (Lipinski definition) is 1. The second-order valence-electron chi connectivity index (χ2n) is 7.86. The highest BCUT2D eigenvalue weighted by Gasteiger charge is 1.98. The number of aliphatic hydroxyl groups is 1. The highest BCUT2D eigenvalue weighted by atomic mass is 16.5. The predicted molar refractivity (Wildman–Crippen MR) is 159 cm³/mol. The fourth-order valence-corrected chi connectivity index (χ4v) is 3.43. The molecule has 0 fully saturated rings. The largest absolute Gasteiger partial charge is 0.491 e. The molecule has 36 heavy (non-hydrogen) atoms. The van der Waals surface area contributed by atoms with E-state index in [0.717, 1.165) is 23.5 Å². The predicted octanol–water partition coefficient (Wildman–Crippen LogP) is 11.0. The molecular formula is C32H56N2O2. The van der Waals surface area contributed by atoms with Gasteiger partial charge in [0.05, 0.1) is 18.0 Å². The summed E-state index contributed by atoms with van der Waals surface area (Å²) in [7, 11) is 0. The molecule has 0 saturated heterocycles. The molecular weight excluding hydrogens is 444 g/mol. The molecule has 2 rings (SSSR count). The van der Waals surface area contributed by atoms with Crippen LogP contribution in [0, 0.1) is 0 Å². The van der Waals surface area contributed by atoms with Gasteiger partial charge >= 0.3 is 0 Å². The number of aryl methyl sites for hydroxylation is 1. The Labute approximate surface area is 223 Å². The SMILES string of the molecule is CC.CC.CC.CCCCCCCCCCCCc1ccc(N=Nc2ccc(OCCO)cc2)cc1. The summed E-state index contributed by atoms with van der Waals surface area (Å²) in [4.78, 5) is 0. The molecule has 0 unspecified atom stereocenters. The van der Waals surface area contributed by atoms with E-state index in [-0.39, 0.29) is 6.61 Å². The van der Waals surface area contributed by atoms with Gasteiger partial charge < -0.3 is 9.84 Å². The molecule has 4 heteroatoms. The van der Waals surface area contributed by atoms with Crippen molar-refractivity contribution in [2.75, 3.05) is 13.2 Å². The molecule has 0 saturated carbocycles. The minimum Gasteiger partial charge on any atom is -0.491 e. The lowest BCUT2D eigenvalue weighted by atomic mass is 10.0. The van der Waals surface area contributed by atoms with Gasteiger partial charge in [-0.05, 0) is 54.8 Å². The molecule has 0 spiro atoms. The lowest BCUT2D eigenvalue weighted by Crippen LogP contribution is -2.00. The van der Waals surface area contributed by atoms with Gasteiger partial charge in [-0.1, -0.05) is 118 Å². The summed E-state index contributed by atoms with van der Waals surface area (Å²) < 4.78 is 5.34. The number of rotatable bonds is 16. The van der Waals surface area contributed by atoms with E-state index in [1.54, 1.807) is 0 Å². The van der Waals surface area contributed by atoms with Gasteiger partial charge in [0.15, 0.2) is 0 Å². The standard InChI is InChI=1S/C26H38N2O2.3C2H6/c1-2-3-4-5-6-7-8-9-10-11-12-23-13-15-24(16-14-23)27-28-25-17-19-26(20-18-25)30-22-21-29;3*1-2/h13-20,29H,2-12,21-22H2,1H3;3*1-2H3. The average Bonchev–Trinajstić information content (AvgIpc) is 2.96. The minimum atomic E-state index is 0.0106. The Kier molecular flexibility index (Phi) is 29.0. The Balaban J connectivity index is 0. The Morgan fingerprint density at radius 3 is 1.44 bits per heavy atom. The van der Waals surface area contributed by atoms with E-state index in [9.17, 15) is 0 Å². The fraction of sp³-hybridized carbons (Fsp3) is 0.625. The van der Waals surface area contributed by atoms with E-state index in [1.165, 1.54) is 69.8 Å². The van der Waals surface area contributed by atoms with E-state index in [0.29, 0.717) is 6.61 Å². The molecule has 0 aliphatic rings. The number of unbranched alkanes of at least 4 members (excludes halogenated alkanes) is 9. The molecule has 2 aromatic rings. The van der Waals surface area contributed by atoms with Crippen molar-refractivity contribution in [2.45, 2.75) is 119 Å². The molecule has 2 aromatic carbocycles. The summed E-state index contributed by atoms with van der Waals surface area (Å²) in [5.74, 6) is 0.722. The molecule has 0 heterocycles. The van der Waals surface area contributed by atoms with Crippen molar-refractivity contribution in [1.29, 1.82) is 0 Å². The molecule has 0 aliphatic carbocycles. The maximum atomic E-state index is 8.78. The second-order valence-corrected chi connectivity index (χ2v) is 7.86. The number of ether oxygens (including phenoxy) is 1. The summed E-state index contributed by atoms with van der Waals surface area (Å²) >= 11 is 0. The van der Waals surface area contributed by atoms with Gasteiger partial charge in [-0.15, -0.1) is 0 Å². The molecule has 0 atom stereocenters. The van der Waals surface area contributed by atoms with E-state index < -0.39 is 0 Å². The second kappa shape index (κ2) is 29.0. The van der Waals surface area contributed by atoms with Crippen molar-refractivity contribution >= 4 is 11.4 Å². The Morgan fingerprint density at radius 2 is 1.00 bits per heavy atom. The number of benzene rings is 2.